The summed E-state index contributed by atoms with van der Waals surface area (Å²) in [5.41, 5.74) is 0.873. The summed E-state index contributed by atoms with van der Waals surface area (Å²) in [6.07, 6.45) is 0. The first kappa shape index (κ1) is 19.5. The quantitative estimate of drug-likeness (QED) is 0.741. The molecule has 0 amide bonds. The fraction of sp³-hybridized carbons (Fsp3) is 0.333. The van der Waals surface area contributed by atoms with Crippen molar-refractivity contribution >= 4 is 15.7 Å². The minimum Gasteiger partial charge on any atom is -0.497 e. The van der Waals surface area contributed by atoms with E-state index in [0.29, 0.717) is 18.4 Å². The van der Waals surface area contributed by atoms with E-state index in [1.807, 2.05) is 30.0 Å². The molecule has 0 aliphatic carbocycles. The highest BCUT2D eigenvalue weighted by Gasteiger charge is 2.34. The number of sulfonamides is 1. The molecule has 1 fully saturated rings. The third kappa shape index (κ3) is 3.74. The first-order valence-corrected chi connectivity index (χ1v) is 9.73. The van der Waals surface area contributed by atoms with Crippen LogP contribution in [0.15, 0.2) is 41.3 Å². The minimum absolute atomic E-state index is 0.0813. The highest BCUT2D eigenvalue weighted by molar-refractivity contribution is 7.89. The van der Waals surface area contributed by atoms with Crippen LogP contribution in [-0.4, -0.2) is 45.5 Å². The molecule has 0 spiro atoms. The summed E-state index contributed by atoms with van der Waals surface area (Å²) < 4.78 is 72.3. The zero-order chi connectivity index (χ0) is 19.8. The zero-order valence-corrected chi connectivity index (χ0v) is 15.6. The Morgan fingerprint density at radius 2 is 1.74 bits per heavy atom. The average Bonchev–Trinajstić information content (AvgIpc) is 2.64. The highest BCUT2D eigenvalue weighted by Crippen LogP contribution is 2.28. The Morgan fingerprint density at radius 1 is 1.04 bits per heavy atom. The Balaban J connectivity index is 1.84. The van der Waals surface area contributed by atoms with Gasteiger partial charge in [-0.1, -0.05) is 6.07 Å². The van der Waals surface area contributed by atoms with Gasteiger partial charge in [-0.05, 0) is 25.1 Å². The molecule has 27 heavy (non-hydrogen) atoms. The van der Waals surface area contributed by atoms with Crippen molar-refractivity contribution in [2.45, 2.75) is 17.9 Å². The molecule has 0 bridgehead atoms. The molecule has 0 aromatic heterocycles. The number of piperazine rings is 1. The smallest absolute Gasteiger partial charge is 0.246 e. The zero-order valence-electron chi connectivity index (χ0n) is 14.8. The van der Waals surface area contributed by atoms with Gasteiger partial charge < -0.3 is 9.64 Å². The molecule has 146 valence electrons. The first-order chi connectivity index (χ1) is 12.7. The first-order valence-electron chi connectivity index (χ1n) is 8.29. The van der Waals surface area contributed by atoms with Gasteiger partial charge in [0.05, 0.1) is 7.11 Å². The Kier molecular flexibility index (Phi) is 5.34. The predicted molar refractivity (Wildman–Crippen MR) is 94.9 cm³/mol. The van der Waals surface area contributed by atoms with Crippen LogP contribution in [-0.2, 0) is 10.0 Å². The number of rotatable bonds is 4. The fourth-order valence-electron chi connectivity index (χ4n) is 3.16. The van der Waals surface area contributed by atoms with Crippen LogP contribution in [0.3, 0.4) is 0 Å². The van der Waals surface area contributed by atoms with Crippen molar-refractivity contribution in [3.8, 4) is 5.75 Å². The molecule has 0 saturated carbocycles. The Labute approximate surface area is 156 Å². The van der Waals surface area contributed by atoms with Gasteiger partial charge in [-0.15, -0.1) is 0 Å². The van der Waals surface area contributed by atoms with E-state index in [1.165, 1.54) is 0 Å². The molecule has 3 rings (SSSR count). The van der Waals surface area contributed by atoms with Crippen LogP contribution in [0.5, 0.6) is 5.75 Å². The van der Waals surface area contributed by atoms with Gasteiger partial charge in [-0.2, -0.15) is 4.31 Å². The standard InChI is InChI=1S/C18H19F3N2O3S/c1-12-11-22(6-7-23(12)13-4-3-5-14(8-13)26-2)27(24,25)18-10-16(20)15(19)9-17(18)21/h3-5,8-10,12H,6-7,11H2,1-2H3/t12-/m1/s1. The summed E-state index contributed by atoms with van der Waals surface area (Å²) in [5.74, 6) is -3.46. The van der Waals surface area contributed by atoms with E-state index in [2.05, 4.69) is 0 Å². The summed E-state index contributed by atoms with van der Waals surface area (Å²) in [5, 5.41) is 0. The summed E-state index contributed by atoms with van der Waals surface area (Å²) in [4.78, 5) is 1.15. The van der Waals surface area contributed by atoms with Crippen molar-refractivity contribution in [2.75, 3.05) is 31.6 Å². The van der Waals surface area contributed by atoms with Gasteiger partial charge in [-0.25, -0.2) is 21.6 Å². The van der Waals surface area contributed by atoms with Crippen LogP contribution in [0.2, 0.25) is 0 Å². The molecule has 1 atom stereocenters. The summed E-state index contributed by atoms with van der Waals surface area (Å²) in [6, 6.07) is 7.79. The van der Waals surface area contributed by atoms with E-state index >= 15 is 0 Å². The lowest BCUT2D eigenvalue weighted by atomic mass is 10.1. The van der Waals surface area contributed by atoms with Gasteiger partial charge in [0.25, 0.3) is 0 Å². The number of methoxy groups -OCH3 is 1. The van der Waals surface area contributed by atoms with Crippen molar-refractivity contribution in [3.63, 3.8) is 0 Å². The van der Waals surface area contributed by atoms with Crippen molar-refractivity contribution < 1.29 is 26.3 Å². The highest BCUT2D eigenvalue weighted by atomic mass is 32.2. The number of nitrogens with zero attached hydrogens (tertiary/aromatic N) is 2. The van der Waals surface area contributed by atoms with Crippen LogP contribution in [0.1, 0.15) is 6.92 Å². The minimum atomic E-state index is -4.28. The van der Waals surface area contributed by atoms with E-state index in [0.717, 1.165) is 9.99 Å². The molecule has 1 aliphatic rings. The van der Waals surface area contributed by atoms with E-state index in [9.17, 15) is 21.6 Å². The lowest BCUT2D eigenvalue weighted by Crippen LogP contribution is -2.53. The molecule has 5 nitrogen and oxygen atoms in total. The Hall–Kier alpha value is -2.26. The fourth-order valence-corrected chi connectivity index (χ4v) is 4.73. The van der Waals surface area contributed by atoms with Gasteiger partial charge in [0.15, 0.2) is 11.6 Å². The number of hydrogen-bond acceptors (Lipinski definition) is 4. The van der Waals surface area contributed by atoms with Crippen molar-refractivity contribution in [3.05, 3.63) is 53.8 Å². The second-order valence-electron chi connectivity index (χ2n) is 6.30. The second kappa shape index (κ2) is 7.40. The number of ether oxygens (including phenoxy) is 1. The van der Waals surface area contributed by atoms with Crippen molar-refractivity contribution in [1.29, 1.82) is 0 Å². The molecule has 2 aromatic rings. The Morgan fingerprint density at radius 3 is 2.41 bits per heavy atom. The molecular weight excluding hydrogens is 381 g/mol. The number of anilines is 1. The Bertz CT molecular complexity index is 953. The van der Waals surface area contributed by atoms with Crippen LogP contribution in [0.25, 0.3) is 0 Å². The number of hydrogen-bond donors (Lipinski definition) is 0. The lowest BCUT2D eigenvalue weighted by molar-refractivity contribution is 0.340. The maximum atomic E-state index is 14.0. The topological polar surface area (TPSA) is 49.9 Å². The molecule has 1 saturated heterocycles. The van der Waals surface area contributed by atoms with Crippen molar-refractivity contribution in [2.24, 2.45) is 0 Å². The van der Waals surface area contributed by atoms with Crippen LogP contribution in [0.4, 0.5) is 18.9 Å². The van der Waals surface area contributed by atoms with Crippen LogP contribution >= 0.6 is 0 Å². The van der Waals surface area contributed by atoms with E-state index in [-0.39, 0.29) is 25.2 Å². The van der Waals surface area contributed by atoms with Crippen LogP contribution in [0, 0.1) is 17.5 Å². The number of halogens is 3. The third-order valence-corrected chi connectivity index (χ3v) is 6.45. The molecule has 0 N–H and O–H groups in total. The van der Waals surface area contributed by atoms with E-state index in [4.69, 9.17) is 4.74 Å². The molecule has 1 heterocycles. The maximum absolute atomic E-state index is 14.0. The average molecular weight is 400 g/mol. The number of benzene rings is 2. The van der Waals surface area contributed by atoms with E-state index < -0.39 is 32.4 Å². The van der Waals surface area contributed by atoms with Gasteiger partial charge >= 0.3 is 0 Å². The lowest BCUT2D eigenvalue weighted by Gasteiger charge is -2.40. The van der Waals surface area contributed by atoms with Gasteiger partial charge in [0.1, 0.15) is 16.5 Å². The summed E-state index contributed by atoms with van der Waals surface area (Å²) in [6.45, 7) is 2.36. The van der Waals surface area contributed by atoms with Crippen molar-refractivity contribution in [1.82, 2.24) is 4.31 Å². The monoisotopic (exact) mass is 400 g/mol. The van der Waals surface area contributed by atoms with Gasteiger partial charge in [0, 0.05) is 43.5 Å². The second-order valence-corrected chi connectivity index (χ2v) is 8.21. The predicted octanol–water partition coefficient (Wildman–Crippen LogP) is 3.01. The van der Waals surface area contributed by atoms with Gasteiger partial charge in [-0.3, -0.25) is 0 Å². The largest absolute Gasteiger partial charge is 0.497 e. The normalized spacial score (nSPS) is 18.6. The molecule has 2 aromatic carbocycles. The maximum Gasteiger partial charge on any atom is 0.246 e. The third-order valence-electron chi connectivity index (χ3n) is 4.57. The molecular formula is C18H19F3N2O3S. The SMILES string of the molecule is COc1cccc(N2CCN(S(=O)(=O)c3cc(F)c(F)cc3F)C[C@H]2C)c1. The molecule has 9 heteroatoms. The molecule has 0 unspecified atom stereocenters. The molecule has 0 radical (unpaired) electrons. The summed E-state index contributed by atoms with van der Waals surface area (Å²) in [7, 11) is -2.72. The van der Waals surface area contributed by atoms with Gasteiger partial charge in [0.2, 0.25) is 10.0 Å². The molecule has 1 aliphatic heterocycles. The van der Waals surface area contributed by atoms with E-state index in [1.54, 1.807) is 13.2 Å². The van der Waals surface area contributed by atoms with Crippen LogP contribution < -0.4 is 9.64 Å². The summed E-state index contributed by atoms with van der Waals surface area (Å²) >= 11 is 0.